The lowest BCUT2D eigenvalue weighted by molar-refractivity contribution is -0.146. The van der Waals surface area contributed by atoms with Crippen LogP contribution in [0.25, 0.3) is 0 Å². The minimum absolute atomic E-state index is 0.131. The van der Waals surface area contributed by atoms with E-state index in [1.807, 2.05) is 50.5 Å². The van der Waals surface area contributed by atoms with E-state index in [1.165, 1.54) is 0 Å². The number of hydrogen-bond donors (Lipinski definition) is 0. The molecule has 1 heterocycles. The van der Waals surface area contributed by atoms with Gasteiger partial charge in [0.2, 0.25) is 5.91 Å². The maximum Gasteiger partial charge on any atom is 0.231 e. The van der Waals surface area contributed by atoms with Gasteiger partial charge in [0.05, 0.1) is 30.9 Å². The number of aryl methyl sites for hydroxylation is 1. The Balaban J connectivity index is 2.01. The molecule has 0 aliphatic rings. The third kappa shape index (κ3) is 4.69. The molecule has 5 nitrogen and oxygen atoms in total. The first-order valence-corrected chi connectivity index (χ1v) is 8.86. The van der Waals surface area contributed by atoms with E-state index in [9.17, 15) is 4.79 Å². The van der Waals surface area contributed by atoms with E-state index >= 15 is 0 Å². The highest BCUT2D eigenvalue weighted by molar-refractivity contribution is 5.82. The first kappa shape index (κ1) is 19.2. The van der Waals surface area contributed by atoms with Crippen LogP contribution in [0.1, 0.15) is 37.9 Å². The van der Waals surface area contributed by atoms with Gasteiger partial charge in [-0.1, -0.05) is 44.2 Å². The monoisotopic (exact) mass is 343 g/mol. The molecule has 0 saturated carbocycles. The Labute approximate surface area is 150 Å². The summed E-state index contributed by atoms with van der Waals surface area (Å²) < 4.78 is 7.73. The van der Waals surface area contributed by atoms with E-state index < -0.39 is 5.41 Å². The maximum absolute atomic E-state index is 13.1. The highest BCUT2D eigenvalue weighted by atomic mass is 16.5. The number of carbonyl (C=O) groups is 1. The van der Waals surface area contributed by atoms with Gasteiger partial charge in [-0.25, -0.2) is 0 Å². The van der Waals surface area contributed by atoms with Crippen molar-refractivity contribution < 1.29 is 9.53 Å². The Bertz CT molecular complexity index is 663. The number of ether oxygens (including phenoxy) is 1. The third-order valence-corrected chi connectivity index (χ3v) is 4.97. The van der Waals surface area contributed by atoms with Crippen LogP contribution >= 0.6 is 0 Å². The van der Waals surface area contributed by atoms with E-state index in [0.29, 0.717) is 19.8 Å². The molecule has 136 valence electrons. The number of benzene rings is 1. The molecule has 0 bridgehead atoms. The van der Waals surface area contributed by atoms with Crippen LogP contribution in [0.5, 0.6) is 0 Å². The molecule has 0 aliphatic carbocycles. The average Bonchev–Trinajstić information content (AvgIpc) is 3.04. The van der Waals surface area contributed by atoms with Crippen LogP contribution in [0, 0.1) is 5.41 Å². The van der Waals surface area contributed by atoms with Crippen LogP contribution in [-0.2, 0) is 29.7 Å². The molecule has 0 fully saturated rings. The second-order valence-electron chi connectivity index (χ2n) is 6.57. The number of rotatable bonds is 9. The molecular weight excluding hydrogens is 314 g/mol. The van der Waals surface area contributed by atoms with Crippen molar-refractivity contribution in [3.8, 4) is 0 Å². The van der Waals surface area contributed by atoms with Gasteiger partial charge >= 0.3 is 0 Å². The maximum atomic E-state index is 13.1. The Kier molecular flexibility index (Phi) is 6.76. The Morgan fingerprint density at radius 3 is 2.44 bits per heavy atom. The van der Waals surface area contributed by atoms with Gasteiger partial charge in [0.15, 0.2) is 0 Å². The molecule has 0 radical (unpaired) electrons. The summed E-state index contributed by atoms with van der Waals surface area (Å²) in [7, 11) is 3.75. The molecule has 0 aliphatic heterocycles. The van der Waals surface area contributed by atoms with E-state index in [4.69, 9.17) is 4.74 Å². The zero-order chi connectivity index (χ0) is 18.3. The first-order chi connectivity index (χ1) is 12.0. The van der Waals surface area contributed by atoms with E-state index in [-0.39, 0.29) is 5.91 Å². The molecule has 25 heavy (non-hydrogen) atoms. The van der Waals surface area contributed by atoms with Crippen molar-refractivity contribution in [1.82, 2.24) is 14.7 Å². The van der Waals surface area contributed by atoms with E-state index in [2.05, 4.69) is 18.9 Å². The Morgan fingerprint density at radius 1 is 1.20 bits per heavy atom. The highest BCUT2D eigenvalue weighted by Crippen LogP contribution is 2.30. The van der Waals surface area contributed by atoms with Crippen LogP contribution in [-0.4, -0.2) is 34.2 Å². The number of amides is 1. The molecule has 1 aromatic heterocycles. The van der Waals surface area contributed by atoms with Crippen molar-refractivity contribution in [2.45, 2.75) is 39.8 Å². The van der Waals surface area contributed by atoms with Gasteiger partial charge in [-0.3, -0.25) is 9.48 Å². The Morgan fingerprint density at radius 2 is 1.88 bits per heavy atom. The lowest BCUT2D eigenvalue weighted by Crippen LogP contribution is -2.44. The average molecular weight is 343 g/mol. The standard InChI is InChI=1S/C20H29N3O2/c1-5-20(6-2,16-25-15-17-10-8-7-9-11-17)19(24)22(3)14-18-12-13-21-23(18)4/h7-13H,5-6,14-16H2,1-4H3. The van der Waals surface area contributed by atoms with Crippen molar-refractivity contribution in [3.05, 3.63) is 53.9 Å². The van der Waals surface area contributed by atoms with Crippen molar-refractivity contribution in [3.63, 3.8) is 0 Å². The van der Waals surface area contributed by atoms with E-state index in [1.54, 1.807) is 15.8 Å². The Hall–Kier alpha value is -2.14. The van der Waals surface area contributed by atoms with Gasteiger partial charge < -0.3 is 9.64 Å². The van der Waals surface area contributed by atoms with Gasteiger partial charge in [0.1, 0.15) is 0 Å². The van der Waals surface area contributed by atoms with Crippen molar-refractivity contribution in [1.29, 1.82) is 0 Å². The minimum atomic E-state index is -0.484. The number of hydrogen-bond acceptors (Lipinski definition) is 3. The molecule has 2 rings (SSSR count). The molecule has 0 spiro atoms. The topological polar surface area (TPSA) is 47.4 Å². The van der Waals surface area contributed by atoms with E-state index in [0.717, 1.165) is 24.1 Å². The summed E-state index contributed by atoms with van der Waals surface area (Å²) in [6.07, 6.45) is 3.27. The number of carbonyl (C=O) groups excluding carboxylic acids is 1. The lowest BCUT2D eigenvalue weighted by Gasteiger charge is -2.34. The first-order valence-electron chi connectivity index (χ1n) is 8.86. The van der Waals surface area contributed by atoms with Gasteiger partial charge in [0.25, 0.3) is 0 Å². The predicted octanol–water partition coefficient (Wildman–Crippen LogP) is 3.40. The summed E-state index contributed by atoms with van der Waals surface area (Å²) in [6.45, 7) is 5.64. The molecule has 1 amide bonds. The fraction of sp³-hybridized carbons (Fsp3) is 0.500. The molecule has 2 aromatic rings. The summed E-state index contributed by atoms with van der Waals surface area (Å²) in [6, 6.07) is 12.0. The highest BCUT2D eigenvalue weighted by Gasteiger charge is 2.37. The van der Waals surface area contributed by atoms with Crippen LogP contribution in [0.2, 0.25) is 0 Å². The summed E-state index contributed by atoms with van der Waals surface area (Å²) >= 11 is 0. The van der Waals surface area contributed by atoms with Crippen LogP contribution in [0.3, 0.4) is 0 Å². The fourth-order valence-electron chi connectivity index (χ4n) is 3.03. The SMILES string of the molecule is CCC(CC)(COCc1ccccc1)C(=O)N(C)Cc1ccnn1C. The summed E-state index contributed by atoms with van der Waals surface area (Å²) in [5, 5.41) is 4.17. The normalized spacial score (nSPS) is 11.5. The second-order valence-corrected chi connectivity index (χ2v) is 6.57. The molecule has 0 unspecified atom stereocenters. The van der Waals surface area contributed by atoms with Crippen LogP contribution < -0.4 is 0 Å². The van der Waals surface area contributed by atoms with Gasteiger partial charge in [0, 0.05) is 20.3 Å². The summed E-state index contributed by atoms with van der Waals surface area (Å²) in [4.78, 5) is 14.9. The smallest absolute Gasteiger partial charge is 0.231 e. The fourth-order valence-corrected chi connectivity index (χ4v) is 3.03. The molecule has 5 heteroatoms. The quantitative estimate of drug-likeness (QED) is 0.701. The van der Waals surface area contributed by atoms with Crippen molar-refractivity contribution >= 4 is 5.91 Å². The zero-order valence-electron chi connectivity index (χ0n) is 15.7. The molecule has 0 saturated heterocycles. The molecular formula is C20H29N3O2. The van der Waals surface area contributed by atoms with Crippen LogP contribution in [0.4, 0.5) is 0 Å². The summed E-state index contributed by atoms with van der Waals surface area (Å²) in [5.41, 5.74) is 1.66. The zero-order valence-corrected chi connectivity index (χ0v) is 15.7. The minimum Gasteiger partial charge on any atom is -0.376 e. The van der Waals surface area contributed by atoms with Gasteiger partial charge in [-0.2, -0.15) is 5.10 Å². The largest absolute Gasteiger partial charge is 0.376 e. The number of aromatic nitrogens is 2. The van der Waals surface area contributed by atoms with Crippen molar-refractivity contribution in [2.24, 2.45) is 12.5 Å². The lowest BCUT2D eigenvalue weighted by atomic mass is 9.81. The summed E-state index contributed by atoms with van der Waals surface area (Å²) in [5.74, 6) is 0.131. The number of nitrogens with zero attached hydrogens (tertiary/aromatic N) is 3. The molecule has 1 aromatic carbocycles. The van der Waals surface area contributed by atoms with Crippen LogP contribution in [0.15, 0.2) is 42.6 Å². The third-order valence-electron chi connectivity index (χ3n) is 4.97. The predicted molar refractivity (Wildman–Crippen MR) is 98.8 cm³/mol. The molecule has 0 N–H and O–H groups in total. The van der Waals surface area contributed by atoms with Gasteiger partial charge in [-0.15, -0.1) is 0 Å². The second kappa shape index (κ2) is 8.81. The van der Waals surface area contributed by atoms with Crippen molar-refractivity contribution in [2.75, 3.05) is 13.7 Å². The molecule has 0 atom stereocenters. The van der Waals surface area contributed by atoms with Gasteiger partial charge in [-0.05, 0) is 24.5 Å².